The van der Waals surface area contributed by atoms with Crippen molar-refractivity contribution in [3.8, 4) is 5.69 Å². The zero-order valence-electron chi connectivity index (χ0n) is 13.2. The minimum Gasteiger partial charge on any atom is -0.338 e. The number of benzene rings is 2. The highest BCUT2D eigenvalue weighted by atomic mass is 19.1. The number of para-hydroxylation sites is 1. The summed E-state index contributed by atoms with van der Waals surface area (Å²) in [5.41, 5.74) is 1.83. The number of hydrogen-bond donors (Lipinski definition) is 2. The first kappa shape index (κ1) is 16.6. The Bertz CT molecular complexity index is 865. The molecule has 0 atom stereocenters. The molecule has 5 nitrogen and oxygen atoms in total. The van der Waals surface area contributed by atoms with Crippen molar-refractivity contribution in [2.24, 2.45) is 0 Å². The van der Waals surface area contributed by atoms with Crippen molar-refractivity contribution in [2.75, 3.05) is 11.9 Å². The van der Waals surface area contributed by atoms with Gasteiger partial charge < -0.3 is 10.6 Å². The largest absolute Gasteiger partial charge is 0.338 e. The number of amides is 2. The van der Waals surface area contributed by atoms with Gasteiger partial charge in [0.25, 0.3) is 0 Å². The summed E-state index contributed by atoms with van der Waals surface area (Å²) in [4.78, 5) is 11.8. The summed E-state index contributed by atoms with van der Waals surface area (Å²) < 4.78 is 28.0. The second kappa shape index (κ2) is 7.57. The third-order valence-electron chi connectivity index (χ3n) is 3.54. The summed E-state index contributed by atoms with van der Waals surface area (Å²) in [6, 6.07) is 12.1. The van der Waals surface area contributed by atoms with Crippen LogP contribution in [0.5, 0.6) is 0 Å². The van der Waals surface area contributed by atoms with Crippen LogP contribution in [0.2, 0.25) is 0 Å². The summed E-state index contributed by atoms with van der Waals surface area (Å²) in [6.07, 6.45) is 4.19. The standard InChI is InChI=1S/C18H16F2N4O/c19-14-6-7-17(16(20)10-14)23-18(25)21-9-8-13-11-22-24(12-13)15-4-2-1-3-5-15/h1-7,10-12H,8-9H2,(H2,21,23,25). The Morgan fingerprint density at radius 3 is 2.68 bits per heavy atom. The molecule has 0 spiro atoms. The lowest BCUT2D eigenvalue weighted by Gasteiger charge is -2.08. The highest BCUT2D eigenvalue weighted by Crippen LogP contribution is 2.14. The predicted molar refractivity (Wildman–Crippen MR) is 90.6 cm³/mol. The van der Waals surface area contributed by atoms with Gasteiger partial charge in [-0.3, -0.25) is 0 Å². The van der Waals surface area contributed by atoms with E-state index in [-0.39, 0.29) is 5.69 Å². The highest BCUT2D eigenvalue weighted by Gasteiger charge is 2.08. The molecular weight excluding hydrogens is 326 g/mol. The van der Waals surface area contributed by atoms with E-state index in [9.17, 15) is 13.6 Å². The quantitative estimate of drug-likeness (QED) is 0.745. The summed E-state index contributed by atoms with van der Waals surface area (Å²) in [5, 5.41) is 9.24. The smallest absolute Gasteiger partial charge is 0.319 e. The lowest BCUT2D eigenvalue weighted by Crippen LogP contribution is -2.30. The molecular formula is C18H16F2N4O. The van der Waals surface area contributed by atoms with Gasteiger partial charge in [-0.25, -0.2) is 18.3 Å². The molecule has 2 aromatic carbocycles. The number of halogens is 2. The average Bonchev–Trinajstić information content (AvgIpc) is 3.07. The Morgan fingerprint density at radius 2 is 1.92 bits per heavy atom. The molecule has 0 aliphatic carbocycles. The minimum absolute atomic E-state index is 0.0733. The molecule has 3 aromatic rings. The number of carbonyl (C=O) groups is 1. The lowest BCUT2D eigenvalue weighted by atomic mass is 10.2. The van der Waals surface area contributed by atoms with E-state index in [1.165, 1.54) is 6.07 Å². The first-order valence-corrected chi connectivity index (χ1v) is 7.71. The van der Waals surface area contributed by atoms with Crippen LogP contribution in [0.25, 0.3) is 5.69 Å². The second-order valence-electron chi connectivity index (χ2n) is 5.38. The van der Waals surface area contributed by atoms with Gasteiger partial charge in [0, 0.05) is 18.8 Å². The molecule has 7 heteroatoms. The van der Waals surface area contributed by atoms with Crippen LogP contribution >= 0.6 is 0 Å². The van der Waals surface area contributed by atoms with Gasteiger partial charge in [-0.2, -0.15) is 5.10 Å². The van der Waals surface area contributed by atoms with Gasteiger partial charge in [-0.1, -0.05) is 18.2 Å². The number of anilines is 1. The van der Waals surface area contributed by atoms with Crippen molar-refractivity contribution in [2.45, 2.75) is 6.42 Å². The van der Waals surface area contributed by atoms with Crippen LogP contribution in [0.1, 0.15) is 5.56 Å². The van der Waals surface area contributed by atoms with Crippen LogP contribution in [-0.4, -0.2) is 22.4 Å². The molecule has 0 radical (unpaired) electrons. The number of carbonyl (C=O) groups excluding carboxylic acids is 1. The number of nitrogens with one attached hydrogen (secondary N) is 2. The van der Waals surface area contributed by atoms with Gasteiger partial charge in [0.15, 0.2) is 0 Å². The Balaban J connectivity index is 1.49. The number of urea groups is 1. The molecule has 25 heavy (non-hydrogen) atoms. The molecule has 0 saturated heterocycles. The first-order chi connectivity index (χ1) is 12.1. The van der Waals surface area contributed by atoms with Gasteiger partial charge in [0.2, 0.25) is 0 Å². The fourth-order valence-electron chi connectivity index (χ4n) is 2.29. The van der Waals surface area contributed by atoms with E-state index in [0.29, 0.717) is 19.0 Å². The Hall–Kier alpha value is -3.22. The summed E-state index contributed by atoms with van der Waals surface area (Å²) in [7, 11) is 0. The topological polar surface area (TPSA) is 59.0 Å². The maximum atomic E-state index is 13.5. The van der Waals surface area contributed by atoms with Gasteiger partial charge in [-0.15, -0.1) is 0 Å². The normalized spacial score (nSPS) is 10.5. The molecule has 2 N–H and O–H groups in total. The van der Waals surface area contributed by atoms with Crippen molar-refractivity contribution in [3.63, 3.8) is 0 Å². The molecule has 1 heterocycles. The number of hydrogen-bond acceptors (Lipinski definition) is 2. The lowest BCUT2D eigenvalue weighted by molar-refractivity contribution is 0.252. The maximum absolute atomic E-state index is 13.5. The van der Waals surface area contributed by atoms with Crippen LogP contribution in [-0.2, 0) is 6.42 Å². The molecule has 0 saturated carbocycles. The van der Waals surface area contributed by atoms with Gasteiger partial charge in [0.05, 0.1) is 17.6 Å². The monoisotopic (exact) mass is 342 g/mol. The average molecular weight is 342 g/mol. The van der Waals surface area contributed by atoms with E-state index in [4.69, 9.17) is 0 Å². The van der Waals surface area contributed by atoms with Crippen LogP contribution in [0.3, 0.4) is 0 Å². The van der Waals surface area contributed by atoms with E-state index in [1.54, 1.807) is 10.9 Å². The fourth-order valence-corrected chi connectivity index (χ4v) is 2.29. The molecule has 2 amide bonds. The van der Waals surface area contributed by atoms with E-state index >= 15 is 0 Å². The van der Waals surface area contributed by atoms with Gasteiger partial charge in [0.1, 0.15) is 11.6 Å². The van der Waals surface area contributed by atoms with Crippen molar-refractivity contribution in [3.05, 3.63) is 78.1 Å². The Labute approximate surface area is 143 Å². The summed E-state index contributed by atoms with van der Waals surface area (Å²) in [6.45, 7) is 0.356. The summed E-state index contributed by atoms with van der Waals surface area (Å²) in [5.74, 6) is -1.52. The highest BCUT2D eigenvalue weighted by molar-refractivity contribution is 5.89. The third-order valence-corrected chi connectivity index (χ3v) is 3.54. The Morgan fingerprint density at radius 1 is 1.12 bits per heavy atom. The van der Waals surface area contributed by atoms with Crippen molar-refractivity contribution in [1.82, 2.24) is 15.1 Å². The molecule has 128 valence electrons. The predicted octanol–water partition coefficient (Wildman–Crippen LogP) is 3.51. The minimum atomic E-state index is -0.820. The van der Waals surface area contributed by atoms with E-state index in [2.05, 4.69) is 15.7 Å². The molecule has 0 bridgehead atoms. The van der Waals surface area contributed by atoms with Crippen LogP contribution in [0.4, 0.5) is 19.3 Å². The first-order valence-electron chi connectivity index (χ1n) is 7.71. The van der Waals surface area contributed by atoms with Crippen LogP contribution < -0.4 is 10.6 Å². The van der Waals surface area contributed by atoms with Crippen molar-refractivity contribution >= 4 is 11.7 Å². The van der Waals surface area contributed by atoms with Crippen molar-refractivity contribution < 1.29 is 13.6 Å². The van der Waals surface area contributed by atoms with Crippen LogP contribution in [0.15, 0.2) is 60.9 Å². The summed E-state index contributed by atoms with van der Waals surface area (Å²) >= 11 is 0. The number of rotatable bonds is 5. The zero-order chi connectivity index (χ0) is 17.6. The van der Waals surface area contributed by atoms with Gasteiger partial charge in [-0.05, 0) is 36.2 Å². The maximum Gasteiger partial charge on any atom is 0.319 e. The fraction of sp³-hybridized carbons (Fsp3) is 0.111. The van der Waals surface area contributed by atoms with Gasteiger partial charge >= 0.3 is 6.03 Å². The number of aromatic nitrogens is 2. The van der Waals surface area contributed by atoms with Crippen molar-refractivity contribution in [1.29, 1.82) is 0 Å². The zero-order valence-corrected chi connectivity index (χ0v) is 13.2. The van der Waals surface area contributed by atoms with E-state index in [0.717, 1.165) is 17.3 Å². The number of nitrogens with zero attached hydrogens (tertiary/aromatic N) is 2. The molecule has 0 unspecified atom stereocenters. The third kappa shape index (κ3) is 4.41. The molecule has 0 fully saturated rings. The molecule has 1 aromatic heterocycles. The SMILES string of the molecule is O=C(NCCc1cnn(-c2ccccc2)c1)Nc1ccc(F)cc1F. The van der Waals surface area contributed by atoms with Crippen LogP contribution in [0, 0.1) is 11.6 Å². The molecule has 0 aliphatic heterocycles. The molecule has 3 rings (SSSR count). The molecule has 0 aliphatic rings. The van der Waals surface area contributed by atoms with E-state index in [1.807, 2.05) is 36.5 Å². The second-order valence-corrected chi connectivity index (χ2v) is 5.38. The van der Waals surface area contributed by atoms with E-state index < -0.39 is 17.7 Å². The Kier molecular flexibility index (Phi) is 5.03.